The summed E-state index contributed by atoms with van der Waals surface area (Å²) in [6.45, 7) is 25.7. The number of pyridine rings is 3. The van der Waals surface area contributed by atoms with Gasteiger partial charge in [-0.25, -0.2) is 19.9 Å². The van der Waals surface area contributed by atoms with E-state index in [9.17, 15) is 15.8 Å². The van der Waals surface area contributed by atoms with E-state index in [4.69, 9.17) is 32.5 Å². The molecule has 0 fully saturated rings. The van der Waals surface area contributed by atoms with E-state index in [1.807, 2.05) is 128 Å². The molecule has 0 amide bonds. The number of hydrogen-bond donors (Lipinski definition) is 1. The molecule has 0 saturated heterocycles. The molecule has 130 heavy (non-hydrogen) atoms. The van der Waals surface area contributed by atoms with Crippen LogP contribution in [0.3, 0.4) is 0 Å². The molecule has 0 unspecified atom stereocenters. The van der Waals surface area contributed by atoms with E-state index in [0.717, 1.165) is 90.1 Å². The number of nitrogens with zero attached hydrogens (tertiary/aromatic N) is 17. The molecule has 0 bridgehead atoms. The number of fused-ring (bicyclic) bond motifs is 10. The van der Waals surface area contributed by atoms with Crippen LogP contribution in [0, 0.1) is 78.8 Å². The van der Waals surface area contributed by atoms with Crippen LogP contribution in [0.2, 0.25) is 1.41 Å². The van der Waals surface area contributed by atoms with Gasteiger partial charge in [0.15, 0.2) is 18.5 Å². The molecule has 0 aliphatic heterocycles. The number of aryl methyl sites for hydroxylation is 2. The summed E-state index contributed by atoms with van der Waals surface area (Å²) in [6.07, 6.45) is 3.58. The molecule has 3 radical (unpaired) electrons. The fourth-order valence-electron chi connectivity index (χ4n) is 14.5. The van der Waals surface area contributed by atoms with E-state index < -0.39 is 15.9 Å². The van der Waals surface area contributed by atoms with Crippen LogP contribution in [-0.2, 0) is 20.1 Å². The number of hydrogen-bond acceptors (Lipinski definition) is 18. The molecule has 0 aliphatic carbocycles. The molecule has 21 nitrogen and oxygen atoms in total. The number of para-hydroxylation sites is 4. The van der Waals surface area contributed by atoms with Crippen LogP contribution in [0.15, 0.2) is 358 Å². The van der Waals surface area contributed by atoms with Gasteiger partial charge in [0.2, 0.25) is 11.0 Å². The average Bonchev–Trinajstić information content (AvgIpc) is 0.704. The van der Waals surface area contributed by atoms with Gasteiger partial charge in [-0.1, -0.05) is 244 Å². The zero-order valence-electron chi connectivity index (χ0n) is 70.5. The molecule has 14 aromatic carbocycles. The van der Waals surface area contributed by atoms with Crippen molar-refractivity contribution >= 4 is 170 Å². The normalized spacial score (nSPS) is 10.3. The average molecular weight is 1910 g/mol. The third kappa shape index (κ3) is 20.3. The van der Waals surface area contributed by atoms with Crippen LogP contribution < -0.4 is 21.2 Å². The van der Waals surface area contributed by atoms with E-state index in [2.05, 4.69) is 327 Å². The van der Waals surface area contributed by atoms with Crippen molar-refractivity contribution < 1.29 is 32.9 Å². The number of benzene rings is 14. The number of nitriles is 3. The van der Waals surface area contributed by atoms with Gasteiger partial charge in [0.1, 0.15) is 57.3 Å². The predicted octanol–water partition coefficient (Wildman–Crippen LogP) is 25.8. The van der Waals surface area contributed by atoms with Crippen LogP contribution in [0.25, 0.3) is 124 Å². The van der Waals surface area contributed by atoms with E-state index in [-0.39, 0.29) is 87.7 Å². The van der Waals surface area contributed by atoms with Gasteiger partial charge in [-0.2, -0.15) is 15.8 Å². The Kier molecular flexibility index (Phi) is 29.4. The van der Waals surface area contributed by atoms with Crippen molar-refractivity contribution in [3.63, 3.8) is 0 Å². The van der Waals surface area contributed by atoms with Crippen molar-refractivity contribution in [2.24, 2.45) is 0 Å². The first-order chi connectivity index (χ1) is 63.9. The number of anilines is 6. The summed E-state index contributed by atoms with van der Waals surface area (Å²) in [5.74, 6) is 1.52. The number of rotatable bonds is 14. The maximum absolute atomic E-state index is 9.30. The van der Waals surface area contributed by atoms with E-state index in [1.54, 1.807) is 24.4 Å². The first kappa shape index (κ1) is 88.2. The molecule has 1 N–H and O–H groups in total. The molecule has 20 aromatic rings. The molecule has 0 atom stereocenters. The quantitative estimate of drug-likeness (QED) is 0.0459. The van der Waals surface area contributed by atoms with Gasteiger partial charge < -0.3 is 40.7 Å². The number of nitrogens with one attached hydrogen (secondary N) is 1. The monoisotopic (exact) mass is 1910 g/mol. The van der Waals surface area contributed by atoms with Gasteiger partial charge in [0.25, 0.3) is 17.2 Å². The first-order valence-corrected chi connectivity index (χ1v) is 42.0. The fourth-order valence-corrected chi connectivity index (χ4v) is 15.3. The minimum atomic E-state index is -0.665. The molecule has 0 saturated carbocycles. The van der Waals surface area contributed by atoms with Crippen LogP contribution >= 0.6 is 9.03 Å². The van der Waals surface area contributed by atoms with Crippen molar-refractivity contribution in [2.45, 2.75) is 13.8 Å². The largest absolute Gasteiger partial charge is 0.881 e. The van der Waals surface area contributed by atoms with E-state index >= 15 is 0 Å². The summed E-state index contributed by atoms with van der Waals surface area (Å²) in [5, 5.41) is 37.5. The zero-order valence-corrected chi connectivity index (χ0v) is 75.4. The van der Waals surface area contributed by atoms with Gasteiger partial charge in [-0.05, 0) is 165 Å². The van der Waals surface area contributed by atoms with Crippen molar-refractivity contribution in [1.82, 2.24) is 44.9 Å². The van der Waals surface area contributed by atoms with Crippen molar-refractivity contribution in [3.8, 4) is 69.0 Å². The van der Waals surface area contributed by atoms with Gasteiger partial charge in [-0.15, -0.1) is 50.8 Å². The second-order valence-corrected chi connectivity index (χ2v) is 29.3. The van der Waals surface area contributed by atoms with E-state index in [1.165, 1.54) is 66.0 Å². The molecule has 20 rings (SSSR count). The van der Waals surface area contributed by atoms with E-state index in [0.29, 0.717) is 0 Å². The SMILES string of the molecule is Cc1ccc2cccc([O][Al][O]c3ccc(-c4ccccc4)cc3)c2n1.Cc1cccnc1-c1[c-]cccc1.[2H]N=P.[AlH][O]c1cccc2cccnc12.[C-]#[N+]c1nc2c(nc1C#N)c1nc(C#N)c(C#N)nc1c1nc([N+]#[C-])c([N+]#[C-])nc21.[Ir].c1ccc(N(c2ccc(-c3ccc(N(c4ccccc4)c4cccc5ccccc45)cc3)cc2)c2cccc3ccccc23)cc1. The van der Waals surface area contributed by atoms with Gasteiger partial charge in [-0.3, -0.25) is 10.1 Å². The standard InChI is InChI=1S/C44H32N2.C18N12.C12H10N.C12H10O.C10H9NO.C9H7NO.2Al.Ir.H2NP.H/c1-3-17-37(18-4-1)45(43-23-11-15-35-13-7-9-21-41(35)43)39-29-25-33(26-30-39)34-27-31-40(32-28-34)46(38-19-5-2-6-20-38)44-24-12-16-36-14-8-10-22-42(36)44;1-22-16-9(6-21)27-12-10-11(26-8(5-20)7(4-19)25-10)14-15(13(12)28-16)30-18(24-3)17(23-2)29-14;1-10-6-5-9-13-12(10)11-7-3-2-4-8-11;13-12-8-6-11(7-9-12)10-4-2-1-3-5-10;1-7-5-6-8-3-2-4-9(12)10(8)11-7;11-8-5-1-3-7-4-2-6-10-9(7)8;;;;1-2;/h1-32H;;2-7,9H,1H3;1-9,13H;2-6,12H,1H3;1-6,11H;;;;1-2H;/q;;-1;;;;+1;+2;;;/p-3/i/hD. The summed E-state index contributed by atoms with van der Waals surface area (Å²) >= 11 is 0.801. The Hall–Kier alpha value is -16.7. The summed E-state index contributed by atoms with van der Waals surface area (Å²) in [7, 11) is 2.48. The fraction of sp³-hybridized carbons (Fsp3) is 0.0190. The molecule has 0 aliphatic rings. The molecule has 25 heteroatoms. The second-order valence-electron chi connectivity index (χ2n) is 28.3. The number of aromatic nitrogens is 9. The summed E-state index contributed by atoms with van der Waals surface area (Å²) in [4.78, 5) is 52.2. The summed E-state index contributed by atoms with van der Waals surface area (Å²) in [5.41, 5.74) is 16.7. The second kappa shape index (κ2) is 43.3. The molecule has 0 spiro atoms. The molecule has 6 heterocycles. The van der Waals surface area contributed by atoms with Crippen LogP contribution in [-0.4, -0.2) is 77.4 Å². The predicted molar refractivity (Wildman–Crippen MR) is 514 cm³/mol. The van der Waals surface area contributed by atoms with Crippen LogP contribution in [0.4, 0.5) is 51.6 Å². The van der Waals surface area contributed by atoms with Gasteiger partial charge in [0.05, 0.1) is 17.1 Å². The summed E-state index contributed by atoms with van der Waals surface area (Å²) in [6, 6.07) is 128. The molecule has 617 valence electrons. The molecule has 6 aromatic heterocycles. The summed E-state index contributed by atoms with van der Waals surface area (Å²) < 4.78 is 22.6. The Morgan fingerprint density at radius 2 is 0.800 bits per heavy atom. The van der Waals surface area contributed by atoms with Crippen molar-refractivity contribution in [1.29, 1.82) is 20.9 Å². The minimum absolute atomic E-state index is 0. The third-order valence-electron chi connectivity index (χ3n) is 20.4. The third-order valence-corrected chi connectivity index (χ3v) is 21.5. The molecular formula is C105H68Al2IrN18O3P-. The Balaban J connectivity index is 0.000000141. The Morgan fingerprint density at radius 3 is 1.30 bits per heavy atom. The molecular weight excluding hydrogens is 1840 g/mol. The Bertz CT molecular complexity index is 7270. The maximum atomic E-state index is 9.30. The maximum Gasteiger partial charge on any atom is 0.881 e. The van der Waals surface area contributed by atoms with Crippen molar-refractivity contribution in [3.05, 3.63) is 427 Å². The Morgan fingerprint density at radius 1 is 0.392 bits per heavy atom. The van der Waals surface area contributed by atoms with Gasteiger partial charge in [0, 0.05) is 82.5 Å². The van der Waals surface area contributed by atoms with Gasteiger partial charge >= 0.3 is 38.3 Å². The zero-order chi connectivity index (χ0) is 90.1. The van der Waals surface area contributed by atoms with Crippen LogP contribution in [0.1, 0.15) is 28.3 Å². The topological polar surface area (TPSA) is 258 Å². The smallest absolute Gasteiger partial charge is 0.649 e. The first-order valence-electron chi connectivity index (χ1n) is 40.5. The van der Waals surface area contributed by atoms with Crippen molar-refractivity contribution in [2.75, 3.05) is 9.80 Å². The van der Waals surface area contributed by atoms with Crippen LogP contribution in [0.5, 0.6) is 17.2 Å². The Labute approximate surface area is 781 Å². The minimum Gasteiger partial charge on any atom is -0.649 e.